The molecule has 34 heavy (non-hydrogen) atoms. The fourth-order valence-electron chi connectivity index (χ4n) is 3.83. The van der Waals surface area contributed by atoms with Crippen molar-refractivity contribution in [1.29, 1.82) is 0 Å². The lowest BCUT2D eigenvalue weighted by atomic mass is 9.97. The number of carbonyl (C=O) groups excluding carboxylic acids is 1. The van der Waals surface area contributed by atoms with E-state index in [4.69, 9.17) is 32.7 Å². The van der Waals surface area contributed by atoms with Gasteiger partial charge < -0.3 is 14.8 Å². The van der Waals surface area contributed by atoms with Crippen molar-refractivity contribution in [3.05, 3.63) is 57.6 Å². The van der Waals surface area contributed by atoms with Crippen molar-refractivity contribution in [3.8, 4) is 11.5 Å². The molecule has 1 amide bonds. The van der Waals surface area contributed by atoms with E-state index in [1.807, 2.05) is 32.0 Å². The van der Waals surface area contributed by atoms with Gasteiger partial charge in [-0.2, -0.15) is 0 Å². The molecular weight excluding hydrogens is 499 g/mol. The van der Waals surface area contributed by atoms with Crippen LogP contribution in [0.25, 0.3) is 0 Å². The molecule has 2 aromatic rings. The van der Waals surface area contributed by atoms with Gasteiger partial charge in [-0.3, -0.25) is 4.79 Å². The summed E-state index contributed by atoms with van der Waals surface area (Å²) in [5, 5.41) is 3.73. The van der Waals surface area contributed by atoms with E-state index in [-0.39, 0.29) is 23.7 Å². The number of ether oxygens (including phenoxy) is 2. The second-order valence-corrected chi connectivity index (χ2v) is 11.3. The third-order valence-corrected chi connectivity index (χ3v) is 8.04. The second-order valence-electron chi connectivity index (χ2n) is 8.53. The van der Waals surface area contributed by atoms with Crippen LogP contribution in [0.4, 0.5) is 0 Å². The molecule has 186 valence electrons. The van der Waals surface area contributed by atoms with Crippen molar-refractivity contribution in [1.82, 2.24) is 9.62 Å². The van der Waals surface area contributed by atoms with Crippen LogP contribution in [0.2, 0.25) is 10.0 Å². The van der Waals surface area contributed by atoms with E-state index < -0.39 is 10.0 Å². The van der Waals surface area contributed by atoms with Gasteiger partial charge in [0, 0.05) is 35.6 Å². The Kier molecular flexibility index (Phi) is 9.09. The molecule has 0 aromatic heterocycles. The molecule has 0 spiro atoms. The molecule has 1 saturated heterocycles. The number of nitrogens with one attached hydrogen (secondary N) is 1. The normalized spacial score (nSPS) is 15.4. The highest BCUT2D eigenvalue weighted by atomic mass is 35.5. The molecular formula is C24H30Cl2N2O5S. The Morgan fingerprint density at radius 1 is 1.12 bits per heavy atom. The molecule has 2 aromatic carbocycles. The van der Waals surface area contributed by atoms with E-state index in [1.54, 1.807) is 19.2 Å². The highest BCUT2D eigenvalue weighted by Crippen LogP contribution is 2.29. The predicted octanol–water partition coefficient (Wildman–Crippen LogP) is 4.65. The van der Waals surface area contributed by atoms with E-state index in [0.717, 1.165) is 5.56 Å². The minimum atomic E-state index is -3.55. The minimum Gasteiger partial charge on any atom is -0.493 e. The molecule has 1 aliphatic rings. The standard InChI is InChI=1S/C24H30Cl2N2O5S/c1-16(2)33-22-7-4-17(12-23(22)32-3)14-27-24(29)18-8-10-28(11-9-18)34(30,31)15-19-5-6-20(25)13-21(19)26/h4-7,12-13,16,18H,8-11,14-15H2,1-3H3,(H,27,29). The zero-order valence-electron chi connectivity index (χ0n) is 19.5. The SMILES string of the molecule is COc1cc(CNC(=O)C2CCN(S(=O)(=O)Cc3ccc(Cl)cc3Cl)CC2)ccc1OC(C)C. The third-order valence-electron chi connectivity index (χ3n) is 5.63. The maximum absolute atomic E-state index is 12.8. The molecule has 0 unspecified atom stereocenters. The molecule has 0 radical (unpaired) electrons. The first-order valence-corrected chi connectivity index (χ1v) is 13.5. The van der Waals surface area contributed by atoms with Crippen molar-refractivity contribution < 1.29 is 22.7 Å². The first-order valence-electron chi connectivity index (χ1n) is 11.1. The van der Waals surface area contributed by atoms with Crippen LogP contribution in [0.1, 0.15) is 37.8 Å². The van der Waals surface area contributed by atoms with E-state index >= 15 is 0 Å². The maximum Gasteiger partial charge on any atom is 0.223 e. The van der Waals surface area contributed by atoms with Crippen LogP contribution in [0.3, 0.4) is 0 Å². The third kappa shape index (κ3) is 7.01. The van der Waals surface area contributed by atoms with E-state index in [1.165, 1.54) is 10.4 Å². The van der Waals surface area contributed by atoms with Crippen LogP contribution >= 0.6 is 23.2 Å². The van der Waals surface area contributed by atoms with Crippen molar-refractivity contribution in [2.45, 2.75) is 45.1 Å². The summed E-state index contributed by atoms with van der Waals surface area (Å²) in [6.07, 6.45) is 0.950. The molecule has 7 nitrogen and oxygen atoms in total. The summed E-state index contributed by atoms with van der Waals surface area (Å²) >= 11 is 12.0. The molecule has 10 heteroatoms. The number of hydrogen-bond acceptors (Lipinski definition) is 5. The average Bonchev–Trinajstić information content (AvgIpc) is 2.79. The number of halogens is 2. The van der Waals surface area contributed by atoms with Gasteiger partial charge in [-0.15, -0.1) is 0 Å². The summed E-state index contributed by atoms with van der Waals surface area (Å²) in [6.45, 7) is 4.82. The van der Waals surface area contributed by atoms with Gasteiger partial charge in [0.2, 0.25) is 15.9 Å². The Morgan fingerprint density at radius 2 is 1.82 bits per heavy atom. The lowest BCUT2D eigenvalue weighted by Crippen LogP contribution is -2.43. The zero-order valence-corrected chi connectivity index (χ0v) is 21.8. The summed E-state index contributed by atoms with van der Waals surface area (Å²) in [4.78, 5) is 12.7. The van der Waals surface area contributed by atoms with Gasteiger partial charge in [-0.05, 0) is 62.1 Å². The minimum absolute atomic E-state index is 0.0253. The van der Waals surface area contributed by atoms with E-state index in [0.29, 0.717) is 59.6 Å². The number of benzene rings is 2. The molecule has 1 fully saturated rings. The Hall–Kier alpha value is -2.00. The van der Waals surface area contributed by atoms with Crippen LogP contribution < -0.4 is 14.8 Å². The van der Waals surface area contributed by atoms with Crippen molar-refractivity contribution in [2.24, 2.45) is 5.92 Å². The van der Waals surface area contributed by atoms with Gasteiger partial charge >= 0.3 is 0 Å². The lowest BCUT2D eigenvalue weighted by molar-refractivity contribution is -0.126. The quantitative estimate of drug-likeness (QED) is 0.512. The molecule has 0 bridgehead atoms. The van der Waals surface area contributed by atoms with Gasteiger partial charge in [0.05, 0.1) is 19.0 Å². The monoisotopic (exact) mass is 528 g/mol. The molecule has 1 N–H and O–H groups in total. The number of methoxy groups -OCH3 is 1. The second kappa shape index (κ2) is 11.6. The van der Waals surface area contributed by atoms with Crippen LogP contribution in [-0.4, -0.2) is 44.9 Å². The molecule has 0 atom stereocenters. The van der Waals surface area contributed by atoms with Crippen LogP contribution in [0.5, 0.6) is 11.5 Å². The van der Waals surface area contributed by atoms with Gasteiger partial charge in [-0.25, -0.2) is 12.7 Å². The largest absolute Gasteiger partial charge is 0.493 e. The molecule has 0 aliphatic carbocycles. The number of piperidine rings is 1. The fraction of sp³-hybridized carbons (Fsp3) is 0.458. The first kappa shape index (κ1) is 26.6. The fourth-order valence-corrected chi connectivity index (χ4v) is 5.98. The number of hydrogen-bond donors (Lipinski definition) is 1. The number of carbonyl (C=O) groups is 1. The Morgan fingerprint density at radius 3 is 2.44 bits per heavy atom. The molecule has 0 saturated carbocycles. The summed E-state index contributed by atoms with van der Waals surface area (Å²) in [5.41, 5.74) is 1.40. The maximum atomic E-state index is 12.8. The highest BCUT2D eigenvalue weighted by Gasteiger charge is 2.31. The number of amides is 1. The topological polar surface area (TPSA) is 84.9 Å². The van der Waals surface area contributed by atoms with E-state index in [2.05, 4.69) is 5.32 Å². The van der Waals surface area contributed by atoms with Crippen molar-refractivity contribution in [3.63, 3.8) is 0 Å². The number of sulfonamides is 1. The van der Waals surface area contributed by atoms with Crippen LogP contribution in [-0.2, 0) is 27.1 Å². The van der Waals surface area contributed by atoms with E-state index in [9.17, 15) is 13.2 Å². The Bertz CT molecular complexity index is 1120. The van der Waals surface area contributed by atoms with Crippen LogP contribution in [0, 0.1) is 5.92 Å². The Labute approximate surface area is 211 Å². The smallest absolute Gasteiger partial charge is 0.223 e. The zero-order chi connectivity index (χ0) is 24.9. The highest BCUT2D eigenvalue weighted by molar-refractivity contribution is 7.88. The molecule has 3 rings (SSSR count). The van der Waals surface area contributed by atoms with Gasteiger partial charge in [0.1, 0.15) is 0 Å². The predicted molar refractivity (Wildman–Crippen MR) is 134 cm³/mol. The van der Waals surface area contributed by atoms with Gasteiger partial charge in [0.15, 0.2) is 11.5 Å². The Balaban J connectivity index is 1.52. The van der Waals surface area contributed by atoms with Gasteiger partial charge in [0.25, 0.3) is 0 Å². The van der Waals surface area contributed by atoms with Crippen molar-refractivity contribution in [2.75, 3.05) is 20.2 Å². The summed E-state index contributed by atoms with van der Waals surface area (Å²) in [7, 11) is -1.97. The summed E-state index contributed by atoms with van der Waals surface area (Å²) in [5.74, 6) is 0.745. The van der Waals surface area contributed by atoms with Crippen molar-refractivity contribution >= 4 is 39.1 Å². The number of rotatable bonds is 9. The molecule has 1 aliphatic heterocycles. The average molecular weight is 529 g/mol. The first-order chi connectivity index (χ1) is 16.1. The van der Waals surface area contributed by atoms with Crippen LogP contribution in [0.15, 0.2) is 36.4 Å². The van der Waals surface area contributed by atoms with Gasteiger partial charge in [-0.1, -0.05) is 35.3 Å². The molecule has 1 heterocycles. The number of nitrogens with zero attached hydrogens (tertiary/aromatic N) is 1. The summed E-state index contributed by atoms with van der Waals surface area (Å²) in [6, 6.07) is 10.3. The summed E-state index contributed by atoms with van der Waals surface area (Å²) < 4.78 is 38.2. The lowest BCUT2D eigenvalue weighted by Gasteiger charge is -2.30.